The standard InChI is InChI=1S/C7H10N4/c1-2-11-3-6-7(4-11)10-9-5-8-6/h5H,2-4H2,1H3. The summed E-state index contributed by atoms with van der Waals surface area (Å²) in [5, 5.41) is 7.74. The molecule has 0 unspecified atom stereocenters. The van der Waals surface area contributed by atoms with Gasteiger partial charge < -0.3 is 0 Å². The van der Waals surface area contributed by atoms with E-state index < -0.39 is 0 Å². The molecule has 0 aliphatic carbocycles. The molecule has 0 N–H and O–H groups in total. The lowest BCUT2D eigenvalue weighted by Crippen LogP contribution is -2.14. The van der Waals surface area contributed by atoms with Crippen molar-refractivity contribution in [3.8, 4) is 0 Å². The summed E-state index contributed by atoms with van der Waals surface area (Å²) in [4.78, 5) is 6.43. The number of fused-ring (bicyclic) bond motifs is 1. The van der Waals surface area contributed by atoms with E-state index in [1.165, 1.54) is 6.33 Å². The second-order valence-electron chi connectivity index (χ2n) is 2.66. The van der Waals surface area contributed by atoms with Gasteiger partial charge in [0.25, 0.3) is 0 Å². The van der Waals surface area contributed by atoms with Crippen molar-refractivity contribution in [3.05, 3.63) is 17.7 Å². The second-order valence-corrected chi connectivity index (χ2v) is 2.66. The van der Waals surface area contributed by atoms with E-state index in [1.807, 2.05) is 0 Å². The number of rotatable bonds is 1. The van der Waals surface area contributed by atoms with E-state index >= 15 is 0 Å². The van der Waals surface area contributed by atoms with Gasteiger partial charge in [0.2, 0.25) is 0 Å². The molecule has 58 valence electrons. The minimum atomic E-state index is 0.909. The Balaban J connectivity index is 2.27. The van der Waals surface area contributed by atoms with Crippen molar-refractivity contribution in [1.29, 1.82) is 0 Å². The van der Waals surface area contributed by atoms with Crippen LogP contribution in [0.3, 0.4) is 0 Å². The number of hydrogen-bond donors (Lipinski definition) is 0. The molecule has 0 fully saturated rings. The number of hydrogen-bond acceptors (Lipinski definition) is 4. The van der Waals surface area contributed by atoms with E-state index in [0.717, 1.165) is 31.0 Å². The molecule has 4 heteroatoms. The minimum absolute atomic E-state index is 0.909. The van der Waals surface area contributed by atoms with Gasteiger partial charge >= 0.3 is 0 Å². The third-order valence-electron chi connectivity index (χ3n) is 1.97. The van der Waals surface area contributed by atoms with Gasteiger partial charge in [-0.2, -0.15) is 5.10 Å². The summed E-state index contributed by atoms with van der Waals surface area (Å²) in [6, 6.07) is 0. The lowest BCUT2D eigenvalue weighted by Gasteiger charge is -2.08. The van der Waals surface area contributed by atoms with Gasteiger partial charge in [-0.05, 0) is 6.54 Å². The first-order valence-electron chi connectivity index (χ1n) is 3.78. The van der Waals surface area contributed by atoms with Gasteiger partial charge in [0.1, 0.15) is 6.33 Å². The normalized spacial score (nSPS) is 16.8. The number of aromatic nitrogens is 3. The highest BCUT2D eigenvalue weighted by Gasteiger charge is 2.19. The predicted molar refractivity (Wildman–Crippen MR) is 39.6 cm³/mol. The maximum atomic E-state index is 4.14. The largest absolute Gasteiger partial charge is 0.292 e. The van der Waals surface area contributed by atoms with E-state index in [0.29, 0.717) is 0 Å². The molecular formula is C7H10N4. The van der Waals surface area contributed by atoms with Crippen molar-refractivity contribution < 1.29 is 0 Å². The summed E-state index contributed by atoms with van der Waals surface area (Å²) in [6.45, 7) is 5.03. The first kappa shape index (κ1) is 6.67. The number of nitrogens with zero attached hydrogens (tertiary/aromatic N) is 4. The fraction of sp³-hybridized carbons (Fsp3) is 0.571. The Labute approximate surface area is 65.3 Å². The summed E-state index contributed by atoms with van der Waals surface area (Å²) in [6.07, 6.45) is 1.51. The van der Waals surface area contributed by atoms with Crippen LogP contribution in [0.5, 0.6) is 0 Å². The zero-order valence-electron chi connectivity index (χ0n) is 6.49. The molecular weight excluding hydrogens is 140 g/mol. The summed E-state index contributed by atoms with van der Waals surface area (Å²) < 4.78 is 0. The molecule has 1 aliphatic rings. The van der Waals surface area contributed by atoms with Crippen LogP contribution in [-0.2, 0) is 13.1 Å². The topological polar surface area (TPSA) is 41.9 Å². The maximum Gasteiger partial charge on any atom is 0.138 e. The Morgan fingerprint density at radius 2 is 2.27 bits per heavy atom. The third kappa shape index (κ3) is 1.09. The predicted octanol–water partition coefficient (Wildman–Crippen LogP) is 0.207. The van der Waals surface area contributed by atoms with Gasteiger partial charge in [0.05, 0.1) is 11.4 Å². The van der Waals surface area contributed by atoms with Crippen molar-refractivity contribution in [2.45, 2.75) is 20.0 Å². The van der Waals surface area contributed by atoms with Gasteiger partial charge in [0.15, 0.2) is 0 Å². The van der Waals surface area contributed by atoms with E-state index in [-0.39, 0.29) is 0 Å². The molecule has 2 rings (SSSR count). The molecule has 0 radical (unpaired) electrons. The van der Waals surface area contributed by atoms with Crippen molar-refractivity contribution in [3.63, 3.8) is 0 Å². The highest BCUT2D eigenvalue weighted by molar-refractivity contribution is 5.12. The van der Waals surface area contributed by atoms with Gasteiger partial charge in [0, 0.05) is 13.1 Å². The second kappa shape index (κ2) is 2.54. The van der Waals surface area contributed by atoms with Gasteiger partial charge in [-0.1, -0.05) is 6.92 Å². The van der Waals surface area contributed by atoms with Crippen molar-refractivity contribution in [2.75, 3.05) is 6.54 Å². The first-order valence-corrected chi connectivity index (χ1v) is 3.78. The van der Waals surface area contributed by atoms with Crippen LogP contribution in [0.4, 0.5) is 0 Å². The highest BCUT2D eigenvalue weighted by atomic mass is 15.2. The lowest BCUT2D eigenvalue weighted by molar-refractivity contribution is 0.297. The molecule has 0 amide bonds. The molecule has 0 bridgehead atoms. The smallest absolute Gasteiger partial charge is 0.138 e. The minimum Gasteiger partial charge on any atom is -0.292 e. The lowest BCUT2D eigenvalue weighted by atomic mass is 10.4. The van der Waals surface area contributed by atoms with Crippen LogP contribution in [0.25, 0.3) is 0 Å². The van der Waals surface area contributed by atoms with Crippen LogP contribution in [0.1, 0.15) is 18.3 Å². The molecule has 0 saturated carbocycles. The molecule has 1 aromatic rings. The Morgan fingerprint density at radius 1 is 1.45 bits per heavy atom. The Bertz CT molecular complexity index is 235. The van der Waals surface area contributed by atoms with E-state index in [2.05, 4.69) is 27.0 Å². The van der Waals surface area contributed by atoms with Crippen LogP contribution >= 0.6 is 0 Å². The van der Waals surface area contributed by atoms with Crippen LogP contribution in [-0.4, -0.2) is 26.6 Å². The van der Waals surface area contributed by atoms with Gasteiger partial charge in [-0.25, -0.2) is 4.98 Å². The van der Waals surface area contributed by atoms with E-state index in [1.54, 1.807) is 0 Å². The Kier molecular flexibility index (Phi) is 1.54. The van der Waals surface area contributed by atoms with Crippen molar-refractivity contribution in [2.24, 2.45) is 0 Å². The quantitative estimate of drug-likeness (QED) is 0.573. The highest BCUT2D eigenvalue weighted by Crippen LogP contribution is 2.15. The SMILES string of the molecule is CCN1Cc2ncnnc2C1. The molecule has 0 aromatic carbocycles. The van der Waals surface area contributed by atoms with Crippen molar-refractivity contribution >= 4 is 0 Å². The Hall–Kier alpha value is -1.03. The molecule has 0 atom stereocenters. The van der Waals surface area contributed by atoms with E-state index in [4.69, 9.17) is 0 Å². The fourth-order valence-corrected chi connectivity index (χ4v) is 1.28. The van der Waals surface area contributed by atoms with Crippen molar-refractivity contribution in [1.82, 2.24) is 20.1 Å². The zero-order chi connectivity index (χ0) is 7.68. The zero-order valence-corrected chi connectivity index (χ0v) is 6.49. The average Bonchev–Trinajstić information content (AvgIpc) is 2.46. The molecule has 1 aromatic heterocycles. The molecule has 2 heterocycles. The monoisotopic (exact) mass is 150 g/mol. The van der Waals surface area contributed by atoms with Crippen LogP contribution in [0, 0.1) is 0 Å². The van der Waals surface area contributed by atoms with Crippen LogP contribution in [0.2, 0.25) is 0 Å². The third-order valence-corrected chi connectivity index (χ3v) is 1.97. The van der Waals surface area contributed by atoms with Gasteiger partial charge in [-0.3, -0.25) is 4.90 Å². The van der Waals surface area contributed by atoms with E-state index in [9.17, 15) is 0 Å². The van der Waals surface area contributed by atoms with Crippen LogP contribution in [0.15, 0.2) is 6.33 Å². The fourth-order valence-electron chi connectivity index (χ4n) is 1.28. The average molecular weight is 150 g/mol. The maximum absolute atomic E-state index is 4.14. The molecule has 0 spiro atoms. The summed E-state index contributed by atoms with van der Waals surface area (Å²) in [7, 11) is 0. The van der Waals surface area contributed by atoms with Crippen LogP contribution < -0.4 is 0 Å². The summed E-state index contributed by atoms with van der Waals surface area (Å²) >= 11 is 0. The molecule has 11 heavy (non-hydrogen) atoms. The molecule has 1 aliphatic heterocycles. The summed E-state index contributed by atoms with van der Waals surface area (Å²) in [5.74, 6) is 0. The Morgan fingerprint density at radius 3 is 3.00 bits per heavy atom. The summed E-state index contributed by atoms with van der Waals surface area (Å²) in [5.41, 5.74) is 2.12. The molecule has 4 nitrogen and oxygen atoms in total. The first-order chi connectivity index (χ1) is 5.40. The molecule has 0 saturated heterocycles. The van der Waals surface area contributed by atoms with Gasteiger partial charge in [-0.15, -0.1) is 5.10 Å².